The Morgan fingerprint density at radius 2 is 1.96 bits per heavy atom. The number of hydrogen-bond acceptors (Lipinski definition) is 4. The molecule has 5 nitrogen and oxygen atoms in total. The Morgan fingerprint density at radius 3 is 2.65 bits per heavy atom. The summed E-state index contributed by atoms with van der Waals surface area (Å²) in [6.45, 7) is 1.70. The van der Waals surface area contributed by atoms with E-state index in [0.717, 1.165) is 37.4 Å². The summed E-state index contributed by atoms with van der Waals surface area (Å²) in [4.78, 5) is 2.17. The Labute approximate surface area is 134 Å². The van der Waals surface area contributed by atoms with E-state index in [1.807, 2.05) is 6.33 Å². The van der Waals surface area contributed by atoms with Crippen molar-refractivity contribution in [3.05, 3.63) is 41.7 Å². The number of anilines is 1. The minimum Gasteiger partial charge on any atom is -0.370 e. The summed E-state index contributed by atoms with van der Waals surface area (Å²) in [5.74, 6) is 1.16. The Balaban J connectivity index is 1.49. The van der Waals surface area contributed by atoms with Crippen molar-refractivity contribution in [2.75, 3.05) is 18.0 Å². The molecule has 118 valence electrons. The highest BCUT2D eigenvalue weighted by molar-refractivity contribution is 5.59. The monoisotopic (exact) mass is 311 g/mol. The SMILES string of the molecule is N#Cc1cc(F)ccc1N1CCC(c2nncn2C2CC2)CC1. The van der Waals surface area contributed by atoms with Crippen LogP contribution in [0.4, 0.5) is 10.1 Å². The lowest BCUT2D eigenvalue weighted by Crippen LogP contribution is -2.34. The summed E-state index contributed by atoms with van der Waals surface area (Å²) in [5.41, 5.74) is 1.24. The van der Waals surface area contributed by atoms with Crippen LogP contribution in [-0.2, 0) is 0 Å². The van der Waals surface area contributed by atoms with Crippen LogP contribution in [0.5, 0.6) is 0 Å². The van der Waals surface area contributed by atoms with Gasteiger partial charge in [-0.25, -0.2) is 4.39 Å². The Bertz CT molecular complexity index is 751. The predicted molar refractivity (Wildman–Crippen MR) is 83.6 cm³/mol. The Hall–Kier alpha value is -2.42. The van der Waals surface area contributed by atoms with Crippen molar-refractivity contribution < 1.29 is 4.39 Å². The van der Waals surface area contributed by atoms with Gasteiger partial charge in [0.25, 0.3) is 0 Å². The van der Waals surface area contributed by atoms with E-state index >= 15 is 0 Å². The maximum absolute atomic E-state index is 13.3. The molecule has 2 fully saturated rings. The average Bonchev–Trinajstić information content (AvgIpc) is 3.32. The van der Waals surface area contributed by atoms with Gasteiger partial charge in [-0.3, -0.25) is 0 Å². The molecule has 2 aliphatic rings. The van der Waals surface area contributed by atoms with Gasteiger partial charge < -0.3 is 9.47 Å². The van der Waals surface area contributed by atoms with Crippen molar-refractivity contribution >= 4 is 5.69 Å². The van der Waals surface area contributed by atoms with E-state index in [1.165, 1.54) is 25.0 Å². The molecule has 1 saturated carbocycles. The summed E-state index contributed by atoms with van der Waals surface area (Å²) in [6, 6.07) is 7.14. The van der Waals surface area contributed by atoms with Crippen LogP contribution in [0.3, 0.4) is 0 Å². The molecule has 1 aliphatic carbocycles. The summed E-state index contributed by atoms with van der Waals surface area (Å²) in [7, 11) is 0. The van der Waals surface area contributed by atoms with Gasteiger partial charge in [-0.15, -0.1) is 10.2 Å². The topological polar surface area (TPSA) is 57.7 Å². The van der Waals surface area contributed by atoms with Crippen molar-refractivity contribution in [3.8, 4) is 6.07 Å². The van der Waals surface area contributed by atoms with E-state index in [1.54, 1.807) is 6.07 Å². The van der Waals surface area contributed by atoms with E-state index in [2.05, 4.69) is 25.7 Å². The lowest BCUT2D eigenvalue weighted by atomic mass is 9.95. The van der Waals surface area contributed by atoms with Crippen molar-refractivity contribution in [2.45, 2.75) is 37.6 Å². The van der Waals surface area contributed by atoms with Crippen LogP contribution < -0.4 is 4.90 Å². The van der Waals surface area contributed by atoms with Crippen molar-refractivity contribution in [1.82, 2.24) is 14.8 Å². The quantitative estimate of drug-likeness (QED) is 0.874. The molecule has 1 aliphatic heterocycles. The van der Waals surface area contributed by atoms with Gasteiger partial charge in [0.2, 0.25) is 0 Å². The number of benzene rings is 1. The van der Waals surface area contributed by atoms with Crippen LogP contribution >= 0.6 is 0 Å². The first-order valence-corrected chi connectivity index (χ1v) is 8.10. The fourth-order valence-electron chi connectivity index (χ4n) is 3.43. The molecule has 23 heavy (non-hydrogen) atoms. The zero-order valence-electron chi connectivity index (χ0n) is 12.8. The van der Waals surface area contributed by atoms with Crippen LogP contribution in [0.15, 0.2) is 24.5 Å². The molecular weight excluding hydrogens is 293 g/mol. The number of hydrogen-bond donors (Lipinski definition) is 0. The number of aromatic nitrogens is 3. The van der Waals surface area contributed by atoms with Crippen molar-refractivity contribution in [2.24, 2.45) is 0 Å². The number of nitriles is 1. The molecule has 0 bridgehead atoms. The molecule has 4 rings (SSSR count). The smallest absolute Gasteiger partial charge is 0.136 e. The van der Waals surface area contributed by atoms with E-state index in [0.29, 0.717) is 17.5 Å². The second-order valence-electron chi connectivity index (χ2n) is 6.36. The van der Waals surface area contributed by atoms with Crippen molar-refractivity contribution in [1.29, 1.82) is 5.26 Å². The van der Waals surface area contributed by atoms with E-state index < -0.39 is 0 Å². The van der Waals surface area contributed by atoms with Gasteiger partial charge in [-0.2, -0.15) is 5.26 Å². The zero-order valence-corrected chi connectivity index (χ0v) is 12.8. The highest BCUT2D eigenvalue weighted by atomic mass is 19.1. The number of rotatable bonds is 3. The standard InChI is InChI=1S/C17H18FN5/c18-14-1-4-16(13(9-14)10-19)22-7-5-12(6-8-22)17-21-20-11-23(17)15-2-3-15/h1,4,9,11-12,15H,2-3,5-8H2. The molecule has 0 amide bonds. The molecule has 2 heterocycles. The third-order valence-electron chi connectivity index (χ3n) is 4.82. The fraction of sp³-hybridized carbons (Fsp3) is 0.471. The van der Waals surface area contributed by atoms with Crippen LogP contribution in [0.2, 0.25) is 0 Å². The molecule has 1 saturated heterocycles. The highest BCUT2D eigenvalue weighted by Gasteiger charge is 2.31. The van der Waals surface area contributed by atoms with Gasteiger partial charge in [0.15, 0.2) is 0 Å². The first-order chi connectivity index (χ1) is 11.3. The largest absolute Gasteiger partial charge is 0.370 e. The maximum atomic E-state index is 13.3. The fourth-order valence-corrected chi connectivity index (χ4v) is 3.43. The minimum atomic E-state index is -0.363. The molecule has 1 aromatic heterocycles. The normalized spacial score (nSPS) is 18.9. The summed E-state index contributed by atoms with van der Waals surface area (Å²) >= 11 is 0. The molecule has 0 unspecified atom stereocenters. The van der Waals surface area contributed by atoms with Gasteiger partial charge in [-0.1, -0.05) is 0 Å². The molecule has 0 spiro atoms. The molecular formula is C17H18FN5. The third-order valence-corrected chi connectivity index (χ3v) is 4.82. The second-order valence-corrected chi connectivity index (χ2v) is 6.36. The summed E-state index contributed by atoms with van der Waals surface area (Å²) in [5, 5.41) is 17.6. The number of halogens is 1. The molecule has 0 N–H and O–H groups in total. The lowest BCUT2D eigenvalue weighted by Gasteiger charge is -2.33. The third kappa shape index (κ3) is 2.67. The molecule has 0 atom stereocenters. The van der Waals surface area contributed by atoms with E-state index in [9.17, 15) is 9.65 Å². The highest BCUT2D eigenvalue weighted by Crippen LogP contribution is 2.39. The average molecular weight is 311 g/mol. The van der Waals surface area contributed by atoms with Gasteiger partial charge >= 0.3 is 0 Å². The van der Waals surface area contributed by atoms with E-state index in [-0.39, 0.29) is 5.82 Å². The lowest BCUT2D eigenvalue weighted by molar-refractivity contribution is 0.465. The Morgan fingerprint density at radius 1 is 1.17 bits per heavy atom. The van der Waals surface area contributed by atoms with Gasteiger partial charge in [0.05, 0.1) is 11.3 Å². The van der Waals surface area contributed by atoms with Crippen LogP contribution in [0.25, 0.3) is 0 Å². The second kappa shape index (κ2) is 5.65. The van der Waals surface area contributed by atoms with E-state index in [4.69, 9.17) is 0 Å². The molecule has 0 radical (unpaired) electrons. The molecule has 1 aromatic carbocycles. The van der Waals surface area contributed by atoms with Gasteiger partial charge in [-0.05, 0) is 43.9 Å². The van der Waals surface area contributed by atoms with Gasteiger partial charge in [0, 0.05) is 25.0 Å². The van der Waals surface area contributed by atoms with Crippen LogP contribution in [-0.4, -0.2) is 27.9 Å². The zero-order chi connectivity index (χ0) is 15.8. The van der Waals surface area contributed by atoms with Gasteiger partial charge in [0.1, 0.15) is 24.0 Å². The van der Waals surface area contributed by atoms with Crippen molar-refractivity contribution in [3.63, 3.8) is 0 Å². The number of piperidine rings is 1. The van der Waals surface area contributed by atoms with Crippen LogP contribution in [0.1, 0.15) is 49.0 Å². The maximum Gasteiger partial charge on any atom is 0.136 e. The molecule has 2 aromatic rings. The summed E-state index contributed by atoms with van der Waals surface area (Å²) in [6.07, 6.45) is 6.27. The minimum absolute atomic E-state index is 0.363. The summed E-state index contributed by atoms with van der Waals surface area (Å²) < 4.78 is 15.5. The Kier molecular flexibility index (Phi) is 3.49. The first-order valence-electron chi connectivity index (χ1n) is 8.10. The first kappa shape index (κ1) is 14.2. The molecule has 6 heteroatoms. The van der Waals surface area contributed by atoms with Crippen LogP contribution in [0, 0.1) is 17.1 Å². The predicted octanol–water partition coefficient (Wildman–Crippen LogP) is 3.01. The number of nitrogens with zero attached hydrogens (tertiary/aromatic N) is 5.